The van der Waals surface area contributed by atoms with Crippen LogP contribution in [0.15, 0.2) is 54.6 Å². The third-order valence-electron chi connectivity index (χ3n) is 3.83. The Labute approximate surface area is 163 Å². The highest BCUT2D eigenvalue weighted by molar-refractivity contribution is 6.30. The number of nitrogens with zero attached hydrogens (tertiary/aromatic N) is 3. The van der Waals surface area contributed by atoms with E-state index in [-0.39, 0.29) is 11.6 Å². The van der Waals surface area contributed by atoms with Gasteiger partial charge in [-0.2, -0.15) is 0 Å². The molecule has 0 bridgehead atoms. The van der Waals surface area contributed by atoms with Crippen LogP contribution in [0.5, 0.6) is 0 Å². The number of hydrogen-bond acceptors (Lipinski definition) is 5. The molecule has 0 aliphatic heterocycles. The molecule has 0 saturated heterocycles. The number of nitrogens with one attached hydrogen (secondary N) is 2. The number of hydrogen-bond donors (Lipinski definition) is 2. The predicted molar refractivity (Wildman–Crippen MR) is 110 cm³/mol. The van der Waals surface area contributed by atoms with Crippen molar-refractivity contribution >= 4 is 40.4 Å². The number of halogens is 1. The number of benzene rings is 2. The zero-order valence-electron chi connectivity index (χ0n) is 15.3. The summed E-state index contributed by atoms with van der Waals surface area (Å²) >= 11 is 5.90. The second-order valence-corrected chi connectivity index (χ2v) is 6.65. The maximum Gasteiger partial charge on any atom is 0.274 e. The first-order chi connectivity index (χ1) is 12.9. The molecule has 6 nitrogen and oxygen atoms in total. The second kappa shape index (κ2) is 8.05. The summed E-state index contributed by atoms with van der Waals surface area (Å²) < 4.78 is 0. The van der Waals surface area contributed by atoms with E-state index in [0.717, 1.165) is 11.4 Å². The van der Waals surface area contributed by atoms with Crippen LogP contribution in [0.25, 0.3) is 0 Å². The van der Waals surface area contributed by atoms with Gasteiger partial charge in [0.05, 0.1) is 0 Å². The van der Waals surface area contributed by atoms with Gasteiger partial charge in [-0.3, -0.25) is 4.79 Å². The lowest BCUT2D eigenvalue weighted by atomic mass is 10.2. The van der Waals surface area contributed by atoms with Crippen molar-refractivity contribution in [3.63, 3.8) is 0 Å². The number of carbonyl (C=O) groups excluding carboxylic acids is 1. The molecule has 3 rings (SSSR count). The van der Waals surface area contributed by atoms with Crippen LogP contribution in [0.4, 0.5) is 22.9 Å². The average Bonchev–Trinajstić information content (AvgIpc) is 2.63. The smallest absolute Gasteiger partial charge is 0.274 e. The van der Waals surface area contributed by atoms with Gasteiger partial charge in [0.15, 0.2) is 0 Å². The highest BCUT2D eigenvalue weighted by Crippen LogP contribution is 2.19. The van der Waals surface area contributed by atoms with Crippen molar-refractivity contribution in [2.24, 2.45) is 0 Å². The van der Waals surface area contributed by atoms with Gasteiger partial charge < -0.3 is 15.5 Å². The Bertz CT molecular complexity index is 940. The maximum absolute atomic E-state index is 12.6. The van der Waals surface area contributed by atoms with E-state index in [1.807, 2.05) is 55.4 Å². The summed E-state index contributed by atoms with van der Waals surface area (Å²) in [5, 5.41) is 6.67. The van der Waals surface area contributed by atoms with E-state index < -0.39 is 0 Å². The van der Waals surface area contributed by atoms with Gasteiger partial charge >= 0.3 is 0 Å². The topological polar surface area (TPSA) is 70.2 Å². The number of aromatic nitrogens is 2. The van der Waals surface area contributed by atoms with E-state index in [9.17, 15) is 4.79 Å². The summed E-state index contributed by atoms with van der Waals surface area (Å²) in [6, 6.07) is 16.4. The number of aryl methyl sites for hydroxylation is 1. The van der Waals surface area contributed by atoms with Gasteiger partial charge in [-0.15, -0.1) is 0 Å². The fourth-order valence-corrected chi connectivity index (χ4v) is 2.59. The van der Waals surface area contributed by atoms with E-state index in [2.05, 4.69) is 20.6 Å². The number of carbonyl (C=O) groups is 1. The van der Waals surface area contributed by atoms with Crippen molar-refractivity contribution in [1.82, 2.24) is 9.97 Å². The van der Waals surface area contributed by atoms with Crippen LogP contribution in [0, 0.1) is 6.92 Å². The van der Waals surface area contributed by atoms with Crippen molar-refractivity contribution in [3.05, 3.63) is 71.1 Å². The van der Waals surface area contributed by atoms with Crippen molar-refractivity contribution in [2.45, 2.75) is 6.92 Å². The summed E-state index contributed by atoms with van der Waals surface area (Å²) in [6.07, 6.45) is 0. The molecule has 0 atom stereocenters. The molecule has 2 N–H and O–H groups in total. The van der Waals surface area contributed by atoms with E-state index in [1.165, 1.54) is 0 Å². The summed E-state index contributed by atoms with van der Waals surface area (Å²) in [5.41, 5.74) is 2.87. The fourth-order valence-electron chi connectivity index (χ4n) is 2.47. The van der Waals surface area contributed by atoms with Gasteiger partial charge in [0, 0.05) is 42.2 Å². The molecule has 27 heavy (non-hydrogen) atoms. The van der Waals surface area contributed by atoms with Crippen LogP contribution in [-0.4, -0.2) is 30.0 Å². The van der Waals surface area contributed by atoms with E-state index in [4.69, 9.17) is 11.6 Å². The number of rotatable bonds is 5. The first-order valence-corrected chi connectivity index (χ1v) is 8.75. The van der Waals surface area contributed by atoms with Crippen LogP contribution < -0.4 is 15.5 Å². The minimum absolute atomic E-state index is 0.288. The van der Waals surface area contributed by atoms with Gasteiger partial charge in [0.1, 0.15) is 17.3 Å². The van der Waals surface area contributed by atoms with Crippen molar-refractivity contribution < 1.29 is 4.79 Å². The first kappa shape index (κ1) is 18.7. The quantitative estimate of drug-likeness (QED) is 0.680. The van der Waals surface area contributed by atoms with Gasteiger partial charge in [-0.1, -0.05) is 11.6 Å². The Morgan fingerprint density at radius 1 is 0.963 bits per heavy atom. The van der Waals surface area contributed by atoms with Crippen molar-refractivity contribution in [1.29, 1.82) is 0 Å². The van der Waals surface area contributed by atoms with Crippen LogP contribution in [0.1, 0.15) is 16.3 Å². The summed E-state index contributed by atoms with van der Waals surface area (Å²) in [5.74, 6) is 0.747. The van der Waals surface area contributed by atoms with Gasteiger partial charge in [-0.05, 0) is 55.5 Å². The average molecular weight is 382 g/mol. The van der Waals surface area contributed by atoms with Crippen LogP contribution in [-0.2, 0) is 0 Å². The van der Waals surface area contributed by atoms with Crippen LogP contribution in [0.3, 0.4) is 0 Å². The Kier molecular flexibility index (Phi) is 5.57. The molecule has 0 radical (unpaired) electrons. The standard InChI is InChI=1S/C20H20ClN5O/c1-13-22-18(12-19(23-13)24-15-6-4-14(21)5-7-15)20(27)25-16-8-10-17(11-9-16)26(2)3/h4-12H,1-3H3,(H,25,27)(H,22,23,24). The molecule has 0 aliphatic carbocycles. The molecule has 1 amide bonds. The van der Waals surface area contributed by atoms with Crippen LogP contribution >= 0.6 is 11.6 Å². The highest BCUT2D eigenvalue weighted by atomic mass is 35.5. The normalized spacial score (nSPS) is 10.4. The Morgan fingerprint density at radius 3 is 2.22 bits per heavy atom. The van der Waals surface area contributed by atoms with E-state index in [1.54, 1.807) is 25.1 Å². The fraction of sp³-hybridized carbons (Fsp3) is 0.150. The molecule has 1 heterocycles. The van der Waals surface area contributed by atoms with Gasteiger partial charge in [0.25, 0.3) is 5.91 Å². The van der Waals surface area contributed by atoms with Gasteiger partial charge in [-0.25, -0.2) is 9.97 Å². The third-order valence-corrected chi connectivity index (χ3v) is 4.08. The molecule has 3 aromatic rings. The van der Waals surface area contributed by atoms with Gasteiger partial charge in [0.2, 0.25) is 0 Å². The van der Waals surface area contributed by atoms with Crippen molar-refractivity contribution in [2.75, 3.05) is 29.6 Å². The Morgan fingerprint density at radius 2 is 1.59 bits per heavy atom. The third kappa shape index (κ3) is 4.95. The minimum atomic E-state index is -0.294. The minimum Gasteiger partial charge on any atom is -0.378 e. The molecule has 0 unspecified atom stereocenters. The molecular formula is C20H20ClN5O. The molecule has 0 saturated carbocycles. The van der Waals surface area contributed by atoms with E-state index in [0.29, 0.717) is 22.4 Å². The molecule has 2 aromatic carbocycles. The molecular weight excluding hydrogens is 362 g/mol. The Hall–Kier alpha value is -3.12. The van der Waals surface area contributed by atoms with E-state index >= 15 is 0 Å². The molecule has 138 valence electrons. The second-order valence-electron chi connectivity index (χ2n) is 6.21. The molecule has 0 spiro atoms. The largest absolute Gasteiger partial charge is 0.378 e. The zero-order valence-corrected chi connectivity index (χ0v) is 16.1. The number of anilines is 4. The summed E-state index contributed by atoms with van der Waals surface area (Å²) in [4.78, 5) is 23.1. The molecule has 7 heteroatoms. The lowest BCUT2D eigenvalue weighted by Crippen LogP contribution is -2.15. The Balaban J connectivity index is 1.76. The summed E-state index contributed by atoms with van der Waals surface area (Å²) in [6.45, 7) is 1.75. The SMILES string of the molecule is Cc1nc(Nc2ccc(Cl)cc2)cc(C(=O)Nc2ccc(N(C)C)cc2)n1. The first-order valence-electron chi connectivity index (χ1n) is 8.38. The summed E-state index contributed by atoms with van der Waals surface area (Å²) in [7, 11) is 3.93. The highest BCUT2D eigenvalue weighted by Gasteiger charge is 2.11. The lowest BCUT2D eigenvalue weighted by Gasteiger charge is -2.13. The molecule has 0 aliphatic rings. The monoisotopic (exact) mass is 381 g/mol. The number of amides is 1. The maximum atomic E-state index is 12.6. The lowest BCUT2D eigenvalue weighted by molar-refractivity contribution is 0.102. The molecule has 0 fully saturated rings. The molecule has 1 aromatic heterocycles. The zero-order chi connectivity index (χ0) is 19.4. The predicted octanol–water partition coefficient (Wildman–Crippen LogP) is 4.50. The van der Waals surface area contributed by atoms with Crippen molar-refractivity contribution in [3.8, 4) is 0 Å². The van der Waals surface area contributed by atoms with Crippen LogP contribution in [0.2, 0.25) is 5.02 Å².